The van der Waals surface area contributed by atoms with E-state index in [1.807, 2.05) is 0 Å². The largest absolute Gasteiger partial charge is 0.317 e. The molecule has 6 heteroatoms. The van der Waals surface area contributed by atoms with E-state index in [1.165, 1.54) is 10.6 Å². The zero-order valence-electron chi connectivity index (χ0n) is 12.3. The highest BCUT2D eigenvalue weighted by Gasteiger charge is 2.27. The molecule has 0 aromatic heterocycles. The van der Waals surface area contributed by atoms with Crippen LogP contribution in [0.3, 0.4) is 0 Å². The maximum Gasteiger partial charge on any atom is 0.211 e. The van der Waals surface area contributed by atoms with E-state index in [0.717, 1.165) is 38.8 Å². The number of hydrogen-bond donors (Lipinski definition) is 1. The average Bonchev–Trinajstić information content (AvgIpc) is 2.39. The molecule has 2 saturated heterocycles. The van der Waals surface area contributed by atoms with Crippen LogP contribution in [-0.2, 0) is 14.8 Å². The van der Waals surface area contributed by atoms with E-state index in [-0.39, 0.29) is 5.92 Å². The predicted molar refractivity (Wildman–Crippen MR) is 79.0 cm³/mol. The molecule has 0 aliphatic carbocycles. The molecule has 0 spiro atoms. The van der Waals surface area contributed by atoms with E-state index in [0.29, 0.717) is 37.6 Å². The van der Waals surface area contributed by atoms with Gasteiger partial charge in [-0.3, -0.25) is 4.79 Å². The van der Waals surface area contributed by atoms with Crippen LogP contribution in [0.15, 0.2) is 0 Å². The summed E-state index contributed by atoms with van der Waals surface area (Å²) in [6.45, 7) is 3.17. The van der Waals surface area contributed by atoms with Gasteiger partial charge < -0.3 is 5.32 Å². The van der Waals surface area contributed by atoms with Crippen molar-refractivity contribution >= 4 is 15.8 Å². The van der Waals surface area contributed by atoms with Crippen LogP contribution in [0.4, 0.5) is 0 Å². The van der Waals surface area contributed by atoms with Gasteiger partial charge in [-0.25, -0.2) is 12.7 Å². The third-order valence-electron chi connectivity index (χ3n) is 4.44. The summed E-state index contributed by atoms with van der Waals surface area (Å²) in [5.74, 6) is 1.06. The minimum atomic E-state index is -3.11. The minimum Gasteiger partial charge on any atom is -0.317 e. The molecule has 116 valence electrons. The quantitative estimate of drug-likeness (QED) is 0.823. The molecule has 1 N–H and O–H groups in total. The number of hydrogen-bond acceptors (Lipinski definition) is 4. The fourth-order valence-corrected chi connectivity index (χ4v) is 4.25. The van der Waals surface area contributed by atoms with Crippen LogP contribution in [-0.4, -0.2) is 50.9 Å². The molecule has 2 rings (SSSR count). The van der Waals surface area contributed by atoms with Gasteiger partial charge in [0.25, 0.3) is 0 Å². The second-order valence-corrected chi connectivity index (χ2v) is 8.25. The first-order chi connectivity index (χ1) is 9.45. The molecule has 2 aliphatic heterocycles. The van der Waals surface area contributed by atoms with Crippen molar-refractivity contribution in [3.63, 3.8) is 0 Å². The molecule has 1 atom stereocenters. The van der Waals surface area contributed by atoms with Gasteiger partial charge in [-0.1, -0.05) is 0 Å². The first-order valence-electron chi connectivity index (χ1n) is 7.62. The van der Waals surface area contributed by atoms with Crippen LogP contribution in [0.5, 0.6) is 0 Å². The Balaban J connectivity index is 1.78. The zero-order chi connectivity index (χ0) is 14.6. The van der Waals surface area contributed by atoms with Gasteiger partial charge >= 0.3 is 0 Å². The number of piperidine rings is 2. The van der Waals surface area contributed by atoms with E-state index in [4.69, 9.17) is 0 Å². The Hall–Kier alpha value is -0.460. The second-order valence-electron chi connectivity index (χ2n) is 6.27. The van der Waals surface area contributed by atoms with Crippen LogP contribution < -0.4 is 5.32 Å². The van der Waals surface area contributed by atoms with Gasteiger partial charge in [0.05, 0.1) is 6.26 Å². The molecular weight excluding hydrogens is 276 g/mol. The van der Waals surface area contributed by atoms with Crippen molar-refractivity contribution in [1.82, 2.24) is 9.62 Å². The van der Waals surface area contributed by atoms with Gasteiger partial charge in [0.1, 0.15) is 5.78 Å². The van der Waals surface area contributed by atoms with Crippen LogP contribution >= 0.6 is 0 Å². The number of carbonyl (C=O) groups is 1. The number of nitrogens with one attached hydrogen (secondary N) is 1. The molecule has 2 heterocycles. The lowest BCUT2D eigenvalue weighted by Crippen LogP contribution is -2.40. The van der Waals surface area contributed by atoms with Crippen molar-refractivity contribution in [3.8, 4) is 0 Å². The lowest BCUT2D eigenvalue weighted by atomic mass is 9.87. The highest BCUT2D eigenvalue weighted by molar-refractivity contribution is 7.88. The minimum absolute atomic E-state index is 0.215. The summed E-state index contributed by atoms with van der Waals surface area (Å²) in [6.07, 6.45) is 6.51. The van der Waals surface area contributed by atoms with Crippen molar-refractivity contribution in [3.05, 3.63) is 0 Å². The van der Waals surface area contributed by atoms with Crippen molar-refractivity contribution in [1.29, 1.82) is 0 Å². The highest BCUT2D eigenvalue weighted by atomic mass is 32.2. The fraction of sp³-hybridized carbons (Fsp3) is 0.929. The van der Waals surface area contributed by atoms with Gasteiger partial charge in [0.2, 0.25) is 10.0 Å². The van der Waals surface area contributed by atoms with Gasteiger partial charge in [-0.2, -0.15) is 0 Å². The van der Waals surface area contributed by atoms with Gasteiger partial charge in [0.15, 0.2) is 0 Å². The summed E-state index contributed by atoms with van der Waals surface area (Å²) in [5.41, 5.74) is 0. The summed E-state index contributed by atoms with van der Waals surface area (Å²) < 4.78 is 24.7. The Kier molecular flexibility index (Phi) is 5.57. The lowest BCUT2D eigenvalue weighted by Gasteiger charge is -2.31. The van der Waals surface area contributed by atoms with Crippen molar-refractivity contribution in [2.75, 3.05) is 32.4 Å². The number of sulfonamides is 1. The van der Waals surface area contributed by atoms with Gasteiger partial charge in [-0.15, -0.1) is 0 Å². The van der Waals surface area contributed by atoms with E-state index in [1.54, 1.807) is 0 Å². The first kappa shape index (κ1) is 15.9. The number of nitrogens with zero attached hydrogens (tertiary/aromatic N) is 1. The van der Waals surface area contributed by atoms with E-state index < -0.39 is 10.0 Å². The highest BCUT2D eigenvalue weighted by Crippen LogP contribution is 2.24. The molecule has 0 amide bonds. The Morgan fingerprint density at radius 2 is 1.80 bits per heavy atom. The Morgan fingerprint density at radius 3 is 2.45 bits per heavy atom. The molecule has 2 fully saturated rings. The maximum atomic E-state index is 12.1. The number of carbonyl (C=O) groups excluding carboxylic acids is 1. The van der Waals surface area contributed by atoms with Crippen molar-refractivity contribution in [2.45, 2.75) is 38.5 Å². The summed E-state index contributed by atoms with van der Waals surface area (Å²) in [4.78, 5) is 12.1. The molecule has 1 unspecified atom stereocenters. The average molecular weight is 302 g/mol. The summed E-state index contributed by atoms with van der Waals surface area (Å²) in [6, 6.07) is 0. The molecule has 0 saturated carbocycles. The number of Topliss-reactive ketones (excluding diaryl/α,β-unsaturated/α-hetero) is 1. The third-order valence-corrected chi connectivity index (χ3v) is 5.71. The lowest BCUT2D eigenvalue weighted by molar-refractivity contribution is -0.121. The van der Waals surface area contributed by atoms with Crippen LogP contribution in [0.25, 0.3) is 0 Å². The monoisotopic (exact) mass is 302 g/mol. The van der Waals surface area contributed by atoms with E-state index >= 15 is 0 Å². The summed E-state index contributed by atoms with van der Waals surface area (Å²) in [5, 5.41) is 3.31. The van der Waals surface area contributed by atoms with E-state index in [9.17, 15) is 13.2 Å². The Morgan fingerprint density at radius 1 is 1.15 bits per heavy atom. The topological polar surface area (TPSA) is 66.5 Å². The Bertz CT molecular complexity index is 430. The van der Waals surface area contributed by atoms with Gasteiger partial charge in [-0.05, 0) is 50.6 Å². The first-order valence-corrected chi connectivity index (χ1v) is 9.47. The molecule has 0 aromatic carbocycles. The molecule has 0 aromatic rings. The number of ketones is 1. The smallest absolute Gasteiger partial charge is 0.211 e. The normalized spacial score (nSPS) is 26.6. The molecular formula is C14H26N2O3S. The Labute approximate surface area is 122 Å². The van der Waals surface area contributed by atoms with Crippen LogP contribution in [0.2, 0.25) is 0 Å². The fourth-order valence-electron chi connectivity index (χ4n) is 3.31. The molecule has 5 nitrogen and oxygen atoms in total. The van der Waals surface area contributed by atoms with Crippen molar-refractivity contribution in [2.24, 2.45) is 11.8 Å². The number of rotatable bonds is 5. The standard InChI is InChI=1S/C14H26N2O3S/c1-20(18,19)16-8-2-3-13(11-16)10-14(17)9-12-4-6-15-7-5-12/h12-13,15H,2-11H2,1H3. The molecule has 0 radical (unpaired) electrons. The SMILES string of the molecule is CS(=O)(=O)N1CCCC(CC(=O)CC2CCNCC2)C1. The zero-order valence-corrected chi connectivity index (χ0v) is 13.1. The van der Waals surface area contributed by atoms with Crippen LogP contribution in [0, 0.1) is 11.8 Å². The summed E-state index contributed by atoms with van der Waals surface area (Å²) >= 11 is 0. The van der Waals surface area contributed by atoms with E-state index in [2.05, 4.69) is 5.32 Å². The summed E-state index contributed by atoms with van der Waals surface area (Å²) in [7, 11) is -3.11. The molecule has 2 aliphatic rings. The van der Waals surface area contributed by atoms with Crippen molar-refractivity contribution < 1.29 is 13.2 Å². The van der Waals surface area contributed by atoms with Crippen LogP contribution in [0.1, 0.15) is 38.5 Å². The predicted octanol–water partition coefficient (Wildman–Crippen LogP) is 1.01. The maximum absolute atomic E-state index is 12.1. The second kappa shape index (κ2) is 7.00. The molecule has 20 heavy (non-hydrogen) atoms. The molecule has 0 bridgehead atoms. The third kappa shape index (κ3) is 4.82. The van der Waals surface area contributed by atoms with Gasteiger partial charge in [0, 0.05) is 25.9 Å².